The number of rotatable bonds is 3. The maximum atomic E-state index is 11.9. The molecule has 0 aliphatic rings. The molecule has 0 heterocycles. The second-order valence-corrected chi connectivity index (χ2v) is 5.79. The molecule has 4 heteroatoms. The van der Waals surface area contributed by atoms with Crippen LogP contribution in [0.5, 0.6) is 0 Å². The van der Waals surface area contributed by atoms with Gasteiger partial charge in [-0.25, -0.2) is 4.79 Å². The maximum absolute atomic E-state index is 11.9. The second kappa shape index (κ2) is 9.03. The Morgan fingerprint density at radius 1 is 1.14 bits per heavy atom. The number of allylic oxidation sites excluding steroid dienone is 2. The van der Waals surface area contributed by atoms with Gasteiger partial charge in [-0.2, -0.15) is 0 Å². The minimum Gasteiger partial charge on any atom is -0.444 e. The van der Waals surface area contributed by atoms with Gasteiger partial charge in [-0.1, -0.05) is 31.6 Å². The first-order chi connectivity index (χ1) is 10.2. The highest BCUT2D eigenvalue weighted by Crippen LogP contribution is 2.14. The zero-order chi connectivity index (χ0) is 17.3. The van der Waals surface area contributed by atoms with Crippen LogP contribution in [0.15, 0.2) is 35.9 Å². The second-order valence-electron chi connectivity index (χ2n) is 5.79. The van der Waals surface area contributed by atoms with E-state index in [1.54, 1.807) is 51.1 Å². The molecule has 0 atom stereocenters. The molecule has 4 nitrogen and oxygen atoms in total. The Hall–Kier alpha value is -2.10. The molecule has 1 aromatic carbocycles. The fraction of sp³-hybridized carbons (Fsp3) is 0.444. The van der Waals surface area contributed by atoms with Crippen LogP contribution in [0.4, 0.5) is 10.5 Å². The summed E-state index contributed by atoms with van der Waals surface area (Å²) in [6.07, 6.45) is 1.02. The van der Waals surface area contributed by atoms with Crippen LogP contribution in [0.3, 0.4) is 0 Å². The van der Waals surface area contributed by atoms with Crippen LogP contribution in [-0.4, -0.2) is 17.5 Å². The fourth-order valence-corrected chi connectivity index (χ4v) is 1.52. The SMILES string of the molecule is CC.CC(C)=CC(=O)c1cccc(NC(=O)OC(C)(C)C)c1. The molecule has 0 radical (unpaired) electrons. The normalized spacial score (nSPS) is 9.95. The molecule has 1 amide bonds. The zero-order valence-electron chi connectivity index (χ0n) is 14.6. The van der Waals surface area contributed by atoms with E-state index in [9.17, 15) is 9.59 Å². The number of ether oxygens (including phenoxy) is 1. The first-order valence-corrected chi connectivity index (χ1v) is 7.47. The van der Waals surface area contributed by atoms with Crippen molar-refractivity contribution in [2.45, 2.75) is 54.1 Å². The summed E-state index contributed by atoms with van der Waals surface area (Å²) in [6.45, 7) is 13.1. The van der Waals surface area contributed by atoms with E-state index in [1.165, 1.54) is 0 Å². The minimum atomic E-state index is -0.556. The Bertz CT molecular complexity index is 536. The third-order valence-corrected chi connectivity index (χ3v) is 2.21. The molecule has 22 heavy (non-hydrogen) atoms. The maximum Gasteiger partial charge on any atom is 0.412 e. The molecule has 0 bridgehead atoms. The van der Waals surface area contributed by atoms with Crippen molar-refractivity contribution in [2.24, 2.45) is 0 Å². The number of amides is 1. The summed E-state index contributed by atoms with van der Waals surface area (Å²) in [4.78, 5) is 23.6. The van der Waals surface area contributed by atoms with Gasteiger partial charge >= 0.3 is 6.09 Å². The molecular weight excluding hydrogens is 278 g/mol. The minimum absolute atomic E-state index is 0.0853. The lowest BCUT2D eigenvalue weighted by molar-refractivity contribution is 0.0635. The summed E-state index contributed by atoms with van der Waals surface area (Å²) < 4.78 is 5.16. The van der Waals surface area contributed by atoms with Crippen molar-refractivity contribution in [2.75, 3.05) is 5.32 Å². The number of nitrogens with one attached hydrogen (secondary N) is 1. The monoisotopic (exact) mass is 305 g/mol. The van der Waals surface area contributed by atoms with E-state index in [-0.39, 0.29) is 5.78 Å². The lowest BCUT2D eigenvalue weighted by Crippen LogP contribution is -2.27. The summed E-state index contributed by atoms with van der Waals surface area (Å²) in [5.41, 5.74) is 1.44. The van der Waals surface area contributed by atoms with Gasteiger partial charge in [-0.05, 0) is 52.8 Å². The molecule has 0 saturated carbocycles. The van der Waals surface area contributed by atoms with Crippen molar-refractivity contribution in [3.63, 3.8) is 0 Å². The van der Waals surface area contributed by atoms with E-state index < -0.39 is 11.7 Å². The van der Waals surface area contributed by atoms with E-state index in [0.29, 0.717) is 11.3 Å². The number of hydrogen-bond acceptors (Lipinski definition) is 3. The van der Waals surface area contributed by atoms with Crippen LogP contribution in [0.1, 0.15) is 58.8 Å². The lowest BCUT2D eigenvalue weighted by atomic mass is 10.1. The van der Waals surface area contributed by atoms with E-state index >= 15 is 0 Å². The van der Waals surface area contributed by atoms with Crippen molar-refractivity contribution < 1.29 is 14.3 Å². The van der Waals surface area contributed by atoms with Gasteiger partial charge < -0.3 is 4.74 Å². The van der Waals surface area contributed by atoms with Gasteiger partial charge in [0.2, 0.25) is 0 Å². The van der Waals surface area contributed by atoms with E-state index in [4.69, 9.17) is 4.74 Å². The van der Waals surface area contributed by atoms with Crippen LogP contribution in [0.2, 0.25) is 0 Å². The third kappa shape index (κ3) is 8.25. The highest BCUT2D eigenvalue weighted by molar-refractivity contribution is 6.05. The van der Waals surface area contributed by atoms with Crippen molar-refractivity contribution in [1.82, 2.24) is 0 Å². The number of anilines is 1. The zero-order valence-corrected chi connectivity index (χ0v) is 14.6. The molecular formula is C18H27NO3. The molecule has 1 rings (SSSR count). The third-order valence-electron chi connectivity index (χ3n) is 2.21. The number of benzene rings is 1. The highest BCUT2D eigenvalue weighted by Gasteiger charge is 2.16. The van der Waals surface area contributed by atoms with Crippen molar-refractivity contribution in [1.29, 1.82) is 0 Å². The Labute approximate surface area is 133 Å². The topological polar surface area (TPSA) is 55.4 Å². The predicted molar refractivity (Wildman–Crippen MR) is 91.4 cm³/mol. The first kappa shape index (κ1) is 19.9. The summed E-state index contributed by atoms with van der Waals surface area (Å²) in [6, 6.07) is 6.77. The van der Waals surface area contributed by atoms with E-state index in [0.717, 1.165) is 5.57 Å². The van der Waals surface area contributed by atoms with Gasteiger partial charge in [0.05, 0.1) is 0 Å². The highest BCUT2D eigenvalue weighted by atomic mass is 16.6. The quantitative estimate of drug-likeness (QED) is 0.616. The van der Waals surface area contributed by atoms with Crippen molar-refractivity contribution >= 4 is 17.6 Å². The number of ketones is 1. The number of hydrogen-bond donors (Lipinski definition) is 1. The van der Waals surface area contributed by atoms with Crippen LogP contribution in [0, 0.1) is 0 Å². The standard InChI is InChI=1S/C16H21NO3.C2H6/c1-11(2)9-14(18)12-7-6-8-13(10-12)17-15(19)20-16(3,4)5;1-2/h6-10H,1-5H3,(H,17,19);1-2H3. The molecule has 0 unspecified atom stereocenters. The van der Waals surface area contributed by atoms with E-state index in [1.807, 2.05) is 27.7 Å². The van der Waals surface area contributed by atoms with Gasteiger partial charge in [0, 0.05) is 11.3 Å². The largest absolute Gasteiger partial charge is 0.444 e. The van der Waals surface area contributed by atoms with Gasteiger partial charge in [0.15, 0.2) is 5.78 Å². The summed E-state index contributed by atoms with van der Waals surface area (Å²) in [5.74, 6) is -0.0853. The van der Waals surface area contributed by atoms with Crippen LogP contribution in [0.25, 0.3) is 0 Å². The Morgan fingerprint density at radius 2 is 1.73 bits per heavy atom. The smallest absolute Gasteiger partial charge is 0.412 e. The Balaban J connectivity index is 0.00000211. The molecule has 1 aromatic rings. The number of carbonyl (C=O) groups excluding carboxylic acids is 2. The lowest BCUT2D eigenvalue weighted by Gasteiger charge is -2.19. The van der Waals surface area contributed by atoms with Gasteiger partial charge in [0.25, 0.3) is 0 Å². The summed E-state index contributed by atoms with van der Waals surface area (Å²) >= 11 is 0. The number of carbonyl (C=O) groups is 2. The van der Waals surface area contributed by atoms with Crippen LogP contribution < -0.4 is 5.32 Å². The molecule has 0 aliphatic heterocycles. The molecule has 0 fully saturated rings. The average Bonchev–Trinajstić information content (AvgIpc) is 2.38. The molecule has 0 saturated heterocycles. The van der Waals surface area contributed by atoms with Crippen molar-refractivity contribution in [3.05, 3.63) is 41.5 Å². The Kier molecular flexibility index (Phi) is 8.17. The van der Waals surface area contributed by atoms with Gasteiger partial charge in [-0.3, -0.25) is 10.1 Å². The van der Waals surface area contributed by atoms with Gasteiger partial charge in [0.1, 0.15) is 5.60 Å². The first-order valence-electron chi connectivity index (χ1n) is 7.47. The molecule has 1 N–H and O–H groups in total. The van der Waals surface area contributed by atoms with Crippen LogP contribution in [-0.2, 0) is 4.74 Å². The molecule has 122 valence electrons. The fourth-order valence-electron chi connectivity index (χ4n) is 1.52. The van der Waals surface area contributed by atoms with E-state index in [2.05, 4.69) is 5.32 Å². The predicted octanol–water partition coefficient (Wildman–Crippen LogP) is 5.21. The molecule has 0 aromatic heterocycles. The van der Waals surface area contributed by atoms with Crippen LogP contribution >= 0.6 is 0 Å². The molecule has 0 spiro atoms. The molecule has 0 aliphatic carbocycles. The average molecular weight is 305 g/mol. The van der Waals surface area contributed by atoms with Crippen molar-refractivity contribution in [3.8, 4) is 0 Å². The summed E-state index contributed by atoms with van der Waals surface area (Å²) in [7, 11) is 0. The Morgan fingerprint density at radius 3 is 2.23 bits per heavy atom. The van der Waals surface area contributed by atoms with Gasteiger partial charge in [-0.15, -0.1) is 0 Å². The summed E-state index contributed by atoms with van der Waals surface area (Å²) in [5, 5.41) is 2.61.